The zero-order valence-corrected chi connectivity index (χ0v) is 19.8. The van der Waals surface area contributed by atoms with Gasteiger partial charge in [0.05, 0.1) is 30.0 Å². The summed E-state index contributed by atoms with van der Waals surface area (Å²) in [6.07, 6.45) is 0. The van der Waals surface area contributed by atoms with E-state index in [2.05, 4.69) is 52.0 Å². The number of aromatic nitrogens is 2. The average molecular weight is 574 g/mol. The van der Waals surface area contributed by atoms with Crippen LogP contribution in [0.5, 0.6) is 0 Å². The number of nitrogens with one attached hydrogen (secondary N) is 4. The summed E-state index contributed by atoms with van der Waals surface area (Å²) in [5, 5.41) is 21.4. The van der Waals surface area contributed by atoms with Crippen molar-refractivity contribution in [1.82, 2.24) is 21.1 Å². The fraction of sp³-hybridized carbons (Fsp3) is 0.200. The highest BCUT2D eigenvalue weighted by Gasteiger charge is 2.17. The normalized spacial score (nSPS) is 11.3. The molecule has 0 saturated heterocycles. The highest BCUT2D eigenvalue weighted by Crippen LogP contribution is 2.23. The lowest BCUT2D eigenvalue weighted by atomic mass is 10.3. The van der Waals surface area contributed by atoms with Gasteiger partial charge in [0, 0.05) is 18.3 Å². The van der Waals surface area contributed by atoms with E-state index >= 15 is 0 Å². The molecule has 1 aromatic heterocycles. The highest BCUT2D eigenvalue weighted by atomic mass is 79.9. The van der Waals surface area contributed by atoms with Crippen LogP contribution >= 0.6 is 15.9 Å². The fourth-order valence-corrected chi connectivity index (χ4v) is 2.95. The Bertz CT molecular complexity index is 1190. The minimum Gasteiger partial charge on any atom is -0.377 e. The Labute approximate surface area is 209 Å². The molecule has 5 N–H and O–H groups in total. The van der Waals surface area contributed by atoms with Crippen LogP contribution in [-0.2, 0) is 9.57 Å². The van der Waals surface area contributed by atoms with Gasteiger partial charge in [-0.25, -0.2) is 33.1 Å². The van der Waals surface area contributed by atoms with Crippen LogP contribution in [0, 0.1) is 17.5 Å². The number of hydrogen-bond acceptors (Lipinski definition) is 9. The first-order valence-corrected chi connectivity index (χ1v) is 10.9. The third-order valence-corrected chi connectivity index (χ3v) is 4.72. The number of benzene rings is 2. The number of rotatable bonds is 11. The fourth-order valence-electron chi connectivity index (χ4n) is 2.59. The molecule has 36 heavy (non-hydrogen) atoms. The second-order valence-corrected chi connectivity index (χ2v) is 7.59. The summed E-state index contributed by atoms with van der Waals surface area (Å²) in [4.78, 5) is 21.0. The Morgan fingerprint density at radius 1 is 1.08 bits per heavy atom. The van der Waals surface area contributed by atoms with Gasteiger partial charge in [0.2, 0.25) is 5.82 Å². The molecule has 0 aliphatic heterocycles. The second kappa shape index (κ2) is 13.4. The summed E-state index contributed by atoms with van der Waals surface area (Å²) >= 11 is 3.04. The smallest absolute Gasteiger partial charge is 0.319 e. The largest absolute Gasteiger partial charge is 0.377 e. The summed E-state index contributed by atoms with van der Waals surface area (Å²) in [5.41, 5.74) is 4.59. The number of nitrogens with zero attached hydrogens (tertiary/aromatic N) is 3. The van der Waals surface area contributed by atoms with Crippen LogP contribution in [-0.4, -0.2) is 53.8 Å². The van der Waals surface area contributed by atoms with Crippen molar-refractivity contribution in [3.05, 3.63) is 64.0 Å². The van der Waals surface area contributed by atoms with Gasteiger partial charge in [-0.05, 0) is 56.6 Å². The lowest BCUT2D eigenvalue weighted by Crippen LogP contribution is -2.31. The maximum Gasteiger partial charge on any atom is 0.319 e. The number of hydroxylamine groups is 1. The number of halogens is 4. The maximum atomic E-state index is 13.4. The van der Waals surface area contributed by atoms with Crippen molar-refractivity contribution in [3.63, 3.8) is 0 Å². The van der Waals surface area contributed by atoms with E-state index < -0.39 is 23.5 Å². The van der Waals surface area contributed by atoms with Crippen molar-refractivity contribution in [2.24, 2.45) is 4.99 Å². The highest BCUT2D eigenvalue weighted by molar-refractivity contribution is 9.10. The average Bonchev–Trinajstić information content (AvgIpc) is 3.29. The van der Waals surface area contributed by atoms with Crippen LogP contribution in [0.1, 0.15) is 5.69 Å². The zero-order chi connectivity index (χ0) is 25.9. The zero-order valence-electron chi connectivity index (χ0n) is 18.2. The van der Waals surface area contributed by atoms with Gasteiger partial charge in [-0.1, -0.05) is 0 Å². The molecular formula is C20H19BrF3N7O5. The number of ether oxygens (including phenoxy) is 1. The summed E-state index contributed by atoms with van der Waals surface area (Å²) in [6.45, 7) is 0.416. The number of urea groups is 1. The molecule has 0 radical (unpaired) electrons. The first kappa shape index (κ1) is 26.9. The lowest BCUT2D eigenvalue weighted by Gasteiger charge is -2.09. The van der Waals surface area contributed by atoms with Crippen molar-refractivity contribution in [3.8, 4) is 0 Å². The molecule has 3 aromatic rings. The molecule has 0 unspecified atom stereocenters. The Morgan fingerprint density at radius 2 is 1.86 bits per heavy atom. The first-order valence-electron chi connectivity index (χ1n) is 10.1. The number of amidine groups is 1. The van der Waals surface area contributed by atoms with Crippen LogP contribution < -0.4 is 21.6 Å². The number of amides is 2. The van der Waals surface area contributed by atoms with Gasteiger partial charge in [-0.15, -0.1) is 0 Å². The molecular weight excluding hydrogens is 555 g/mol. The number of carbonyl (C=O) groups excluding carboxylic acids is 1. The number of hydrogen-bond donors (Lipinski definition) is 5. The minimum atomic E-state index is -0.812. The molecule has 0 saturated carbocycles. The van der Waals surface area contributed by atoms with Crippen molar-refractivity contribution in [2.45, 2.75) is 0 Å². The third kappa shape index (κ3) is 8.19. The predicted octanol–water partition coefficient (Wildman–Crippen LogP) is 3.49. The first-order chi connectivity index (χ1) is 17.4. The van der Waals surface area contributed by atoms with Gasteiger partial charge in [0.1, 0.15) is 17.5 Å². The third-order valence-electron chi connectivity index (χ3n) is 4.11. The van der Waals surface area contributed by atoms with Crippen molar-refractivity contribution < 1.29 is 37.4 Å². The number of carbonyl (C=O) groups is 1. The summed E-state index contributed by atoms with van der Waals surface area (Å²) in [5.74, 6) is -2.26. The van der Waals surface area contributed by atoms with Crippen LogP contribution in [0.4, 0.5) is 35.2 Å². The van der Waals surface area contributed by atoms with Gasteiger partial charge in [0.15, 0.2) is 11.5 Å². The van der Waals surface area contributed by atoms with Crippen LogP contribution in [0.2, 0.25) is 0 Å². The van der Waals surface area contributed by atoms with Crippen LogP contribution in [0.15, 0.2) is 50.5 Å². The molecule has 2 aromatic carbocycles. The van der Waals surface area contributed by atoms with E-state index in [1.165, 1.54) is 18.2 Å². The predicted molar refractivity (Wildman–Crippen MR) is 123 cm³/mol. The molecule has 12 nitrogen and oxygen atoms in total. The van der Waals surface area contributed by atoms with E-state index in [4.69, 9.17) is 9.57 Å². The van der Waals surface area contributed by atoms with E-state index in [0.717, 1.165) is 12.1 Å². The Morgan fingerprint density at radius 3 is 2.58 bits per heavy atom. The summed E-state index contributed by atoms with van der Waals surface area (Å²) in [7, 11) is 0. The molecule has 2 amide bonds. The lowest BCUT2D eigenvalue weighted by molar-refractivity contribution is 0.0709. The Kier molecular flexibility index (Phi) is 9.99. The van der Waals surface area contributed by atoms with Crippen LogP contribution in [0.3, 0.4) is 0 Å². The molecule has 0 spiro atoms. The summed E-state index contributed by atoms with van der Waals surface area (Å²) < 4.78 is 49.7. The van der Waals surface area contributed by atoms with E-state index in [0.29, 0.717) is 11.8 Å². The van der Waals surface area contributed by atoms with E-state index in [1.54, 1.807) is 0 Å². The second-order valence-electron chi connectivity index (χ2n) is 6.73. The van der Waals surface area contributed by atoms with Gasteiger partial charge in [-0.3, -0.25) is 15.5 Å². The minimum absolute atomic E-state index is 0.0106. The van der Waals surface area contributed by atoms with Crippen LogP contribution in [0.25, 0.3) is 0 Å². The molecule has 0 atom stereocenters. The molecule has 0 bridgehead atoms. The Hall–Kier alpha value is -3.73. The molecule has 0 fully saturated rings. The topological polar surface area (TPSA) is 155 Å². The van der Waals surface area contributed by atoms with Gasteiger partial charge >= 0.3 is 6.03 Å². The van der Waals surface area contributed by atoms with E-state index in [1.807, 2.05) is 5.48 Å². The quantitative estimate of drug-likeness (QED) is 0.100. The number of anilines is 2. The standard InChI is InChI=1S/C20H19BrF3N7O5/c21-15-10-13(1-2-16(15)24)26-18(28-33)17-19(31-36-29-17)30-35-6-5-34-4-3-25-20(32)27-14-8-11(22)7-12(23)9-14/h1-2,7-10,33H,3-6H2,(H,26,28)(H,30,31)(H2,25,27,32). The Balaban J connectivity index is 1.36. The SMILES string of the molecule is O=C(NCCOCCONc1nonc1C(=Nc1ccc(F)c(Br)c1)NO)Nc1cc(F)cc(F)c1. The van der Waals surface area contributed by atoms with Crippen molar-refractivity contribution in [2.75, 3.05) is 37.2 Å². The van der Waals surface area contributed by atoms with E-state index in [-0.39, 0.29) is 53.9 Å². The molecule has 192 valence electrons. The van der Waals surface area contributed by atoms with Crippen molar-refractivity contribution in [1.29, 1.82) is 0 Å². The van der Waals surface area contributed by atoms with Gasteiger partial charge in [-0.2, -0.15) is 0 Å². The molecule has 0 aliphatic rings. The molecule has 1 heterocycles. The summed E-state index contributed by atoms with van der Waals surface area (Å²) in [6, 6.07) is 5.95. The molecule has 16 heteroatoms. The molecule has 3 rings (SSSR count). The maximum absolute atomic E-state index is 13.4. The van der Waals surface area contributed by atoms with Crippen molar-refractivity contribution >= 4 is 45.0 Å². The van der Waals surface area contributed by atoms with Gasteiger partial charge < -0.3 is 15.4 Å². The monoisotopic (exact) mass is 573 g/mol. The molecule has 0 aliphatic carbocycles. The van der Waals surface area contributed by atoms with E-state index in [9.17, 15) is 23.2 Å². The number of aliphatic imine (C=N–C) groups is 1. The van der Waals surface area contributed by atoms with Gasteiger partial charge in [0.25, 0.3) is 0 Å².